The molecule has 6 heteroatoms. The number of amides is 1. The first-order valence-electron chi connectivity index (χ1n) is 6.27. The van der Waals surface area contributed by atoms with Crippen LogP contribution in [0.25, 0.3) is 5.65 Å². The monoisotopic (exact) mass is 363 g/mol. The Labute approximate surface area is 134 Å². The minimum absolute atomic E-state index is 0.259. The number of hydrogen-bond acceptors (Lipinski definition) is 2. The number of hydrogen-bond donors (Lipinski definition) is 1. The average molecular weight is 365 g/mol. The Balaban J connectivity index is 2.01. The summed E-state index contributed by atoms with van der Waals surface area (Å²) in [7, 11) is 0. The average Bonchev–Trinajstić information content (AvgIpc) is 2.76. The number of halogens is 2. The standard InChI is InChI=1S/C15H11BrClN3O/c1-9-13(16)20-8-4-7-12(14(20)18-9)19-15(21)10-5-2-3-6-11(10)17/h2-8H,1H3,(H,19,21). The lowest BCUT2D eigenvalue weighted by Gasteiger charge is -2.07. The minimum atomic E-state index is -0.259. The van der Waals surface area contributed by atoms with Gasteiger partial charge in [-0.05, 0) is 47.1 Å². The number of carbonyl (C=O) groups is 1. The summed E-state index contributed by atoms with van der Waals surface area (Å²) in [6.07, 6.45) is 1.88. The third-order valence-corrected chi connectivity index (χ3v) is 4.40. The smallest absolute Gasteiger partial charge is 0.257 e. The van der Waals surface area contributed by atoms with Gasteiger partial charge in [0.2, 0.25) is 0 Å². The summed E-state index contributed by atoms with van der Waals surface area (Å²) < 4.78 is 2.74. The van der Waals surface area contributed by atoms with Gasteiger partial charge in [-0.15, -0.1) is 0 Å². The topological polar surface area (TPSA) is 46.4 Å². The van der Waals surface area contributed by atoms with E-state index in [1.165, 1.54) is 0 Å². The predicted octanol–water partition coefficient (Wildman–Crippen LogP) is 4.31. The van der Waals surface area contributed by atoms with Crippen molar-refractivity contribution in [3.05, 3.63) is 63.5 Å². The lowest BCUT2D eigenvalue weighted by molar-refractivity contribution is 0.102. The second kappa shape index (κ2) is 5.50. The molecule has 1 N–H and O–H groups in total. The predicted molar refractivity (Wildman–Crippen MR) is 87.0 cm³/mol. The van der Waals surface area contributed by atoms with Crippen LogP contribution in [0.5, 0.6) is 0 Å². The number of rotatable bonds is 2. The number of benzene rings is 1. The fourth-order valence-electron chi connectivity index (χ4n) is 2.08. The largest absolute Gasteiger partial charge is 0.319 e. The fourth-order valence-corrected chi connectivity index (χ4v) is 2.68. The number of carbonyl (C=O) groups excluding carboxylic acids is 1. The van der Waals surface area contributed by atoms with Crippen molar-refractivity contribution in [2.75, 3.05) is 5.32 Å². The maximum absolute atomic E-state index is 12.3. The van der Waals surface area contributed by atoms with E-state index in [1.54, 1.807) is 24.3 Å². The first kappa shape index (κ1) is 14.1. The molecule has 0 fully saturated rings. The Morgan fingerprint density at radius 3 is 2.81 bits per heavy atom. The highest BCUT2D eigenvalue weighted by molar-refractivity contribution is 9.10. The molecule has 106 valence electrons. The molecule has 0 unspecified atom stereocenters. The molecule has 2 aromatic heterocycles. The summed E-state index contributed by atoms with van der Waals surface area (Å²) in [4.78, 5) is 16.8. The Morgan fingerprint density at radius 2 is 2.05 bits per heavy atom. The van der Waals surface area contributed by atoms with Gasteiger partial charge in [0.1, 0.15) is 4.60 Å². The Morgan fingerprint density at radius 1 is 1.29 bits per heavy atom. The number of nitrogens with zero attached hydrogens (tertiary/aromatic N) is 2. The molecular weight excluding hydrogens is 354 g/mol. The van der Waals surface area contributed by atoms with Crippen molar-refractivity contribution in [1.82, 2.24) is 9.38 Å². The molecule has 3 rings (SSSR count). The SMILES string of the molecule is Cc1nc2c(NC(=O)c3ccccc3Cl)cccn2c1Br. The number of aromatic nitrogens is 2. The van der Waals surface area contributed by atoms with E-state index in [9.17, 15) is 4.79 Å². The molecule has 0 aliphatic rings. The molecule has 0 saturated carbocycles. The van der Waals surface area contributed by atoms with Gasteiger partial charge in [-0.2, -0.15) is 0 Å². The molecule has 4 nitrogen and oxygen atoms in total. The van der Waals surface area contributed by atoms with Crippen LogP contribution < -0.4 is 5.32 Å². The van der Waals surface area contributed by atoms with E-state index in [0.717, 1.165) is 10.3 Å². The molecule has 0 radical (unpaired) electrons. The van der Waals surface area contributed by atoms with Crippen molar-refractivity contribution < 1.29 is 4.79 Å². The number of fused-ring (bicyclic) bond motifs is 1. The number of pyridine rings is 1. The number of imidazole rings is 1. The molecule has 0 atom stereocenters. The lowest BCUT2D eigenvalue weighted by Crippen LogP contribution is -2.13. The molecule has 0 aliphatic heterocycles. The van der Waals surface area contributed by atoms with Gasteiger partial charge < -0.3 is 5.32 Å². The minimum Gasteiger partial charge on any atom is -0.319 e. The zero-order valence-corrected chi connectivity index (χ0v) is 13.4. The summed E-state index contributed by atoms with van der Waals surface area (Å²) in [5, 5.41) is 3.27. The van der Waals surface area contributed by atoms with E-state index in [0.29, 0.717) is 21.9 Å². The van der Waals surface area contributed by atoms with E-state index in [2.05, 4.69) is 26.2 Å². The van der Waals surface area contributed by atoms with E-state index in [-0.39, 0.29) is 5.91 Å². The number of anilines is 1. The molecule has 1 aromatic carbocycles. The van der Waals surface area contributed by atoms with Gasteiger partial charge in [0.05, 0.1) is 22.0 Å². The summed E-state index contributed by atoms with van der Waals surface area (Å²) in [6.45, 7) is 1.90. The van der Waals surface area contributed by atoms with Crippen LogP contribution in [-0.2, 0) is 0 Å². The highest BCUT2D eigenvalue weighted by Gasteiger charge is 2.14. The third-order valence-electron chi connectivity index (χ3n) is 3.12. The van der Waals surface area contributed by atoms with Crippen LogP contribution in [0.4, 0.5) is 5.69 Å². The van der Waals surface area contributed by atoms with Crippen LogP contribution in [0, 0.1) is 6.92 Å². The Kier molecular flexibility index (Phi) is 3.69. The molecule has 0 spiro atoms. The van der Waals surface area contributed by atoms with E-state index >= 15 is 0 Å². The van der Waals surface area contributed by atoms with E-state index in [4.69, 9.17) is 11.6 Å². The molecule has 0 bridgehead atoms. The Bertz CT molecular complexity index is 844. The zero-order valence-electron chi connectivity index (χ0n) is 11.1. The summed E-state index contributed by atoms with van der Waals surface area (Å²) in [6, 6.07) is 10.6. The summed E-state index contributed by atoms with van der Waals surface area (Å²) >= 11 is 9.52. The molecule has 0 saturated heterocycles. The van der Waals surface area contributed by atoms with Crippen LogP contribution in [0.15, 0.2) is 47.2 Å². The maximum Gasteiger partial charge on any atom is 0.257 e. The van der Waals surface area contributed by atoms with Gasteiger partial charge in [-0.3, -0.25) is 9.20 Å². The van der Waals surface area contributed by atoms with Crippen molar-refractivity contribution in [2.24, 2.45) is 0 Å². The molecule has 2 heterocycles. The summed E-state index contributed by atoms with van der Waals surface area (Å²) in [5.41, 5.74) is 2.61. The maximum atomic E-state index is 12.3. The van der Waals surface area contributed by atoms with Gasteiger partial charge in [-0.25, -0.2) is 4.98 Å². The summed E-state index contributed by atoms with van der Waals surface area (Å²) in [5.74, 6) is -0.259. The number of nitrogens with one attached hydrogen (secondary N) is 1. The van der Waals surface area contributed by atoms with Gasteiger partial charge in [0, 0.05) is 6.20 Å². The Hall–Kier alpha value is -1.85. The molecule has 21 heavy (non-hydrogen) atoms. The van der Waals surface area contributed by atoms with Crippen LogP contribution >= 0.6 is 27.5 Å². The fraction of sp³-hybridized carbons (Fsp3) is 0.0667. The van der Waals surface area contributed by atoms with Gasteiger partial charge in [0.15, 0.2) is 5.65 Å². The first-order valence-corrected chi connectivity index (χ1v) is 7.44. The highest BCUT2D eigenvalue weighted by Crippen LogP contribution is 2.24. The quantitative estimate of drug-likeness (QED) is 0.736. The van der Waals surface area contributed by atoms with Crippen LogP contribution in [-0.4, -0.2) is 15.3 Å². The third kappa shape index (κ3) is 2.54. The second-order valence-corrected chi connectivity index (χ2v) is 5.70. The van der Waals surface area contributed by atoms with Crippen molar-refractivity contribution in [2.45, 2.75) is 6.92 Å². The van der Waals surface area contributed by atoms with Gasteiger partial charge in [-0.1, -0.05) is 23.7 Å². The van der Waals surface area contributed by atoms with Crippen LogP contribution in [0.3, 0.4) is 0 Å². The van der Waals surface area contributed by atoms with Crippen molar-refractivity contribution in [1.29, 1.82) is 0 Å². The van der Waals surface area contributed by atoms with Crippen molar-refractivity contribution in [3.63, 3.8) is 0 Å². The van der Waals surface area contributed by atoms with Crippen LogP contribution in [0.1, 0.15) is 16.1 Å². The van der Waals surface area contributed by atoms with Crippen molar-refractivity contribution >= 4 is 44.8 Å². The zero-order chi connectivity index (χ0) is 15.0. The van der Waals surface area contributed by atoms with Crippen LogP contribution in [0.2, 0.25) is 5.02 Å². The van der Waals surface area contributed by atoms with E-state index < -0.39 is 0 Å². The first-order chi connectivity index (χ1) is 10.1. The van der Waals surface area contributed by atoms with Gasteiger partial charge >= 0.3 is 0 Å². The molecule has 1 amide bonds. The number of aryl methyl sites for hydroxylation is 1. The molecule has 0 aliphatic carbocycles. The lowest BCUT2D eigenvalue weighted by atomic mass is 10.2. The molecule has 3 aromatic rings. The second-order valence-electron chi connectivity index (χ2n) is 4.54. The van der Waals surface area contributed by atoms with Crippen molar-refractivity contribution in [3.8, 4) is 0 Å². The molecular formula is C15H11BrClN3O. The highest BCUT2D eigenvalue weighted by atomic mass is 79.9. The normalized spacial score (nSPS) is 10.8. The van der Waals surface area contributed by atoms with Gasteiger partial charge in [0.25, 0.3) is 5.91 Å². The van der Waals surface area contributed by atoms with E-state index in [1.807, 2.05) is 29.7 Å².